The molecule has 0 atom stereocenters. The summed E-state index contributed by atoms with van der Waals surface area (Å²) >= 11 is 6.89. The second kappa shape index (κ2) is 9.29. The molecule has 0 radical (unpaired) electrons. The van der Waals surface area contributed by atoms with Crippen LogP contribution in [-0.2, 0) is 4.79 Å². The molecule has 8 heteroatoms. The number of rotatable bonds is 8. The third-order valence-corrected chi connectivity index (χ3v) is 4.18. The number of amides is 2. The standard InChI is InChI=1S/C17H19ClN2O4S/c1-3-23-13-9-12(20-17(22)15-6-5-7-25-15)14(24-4-2)8-11(13)19-16(21)10-18/h5-9H,3-4,10H2,1-2H3,(H,19,21)(H,20,22). The SMILES string of the molecule is CCOc1cc(NC(=O)c2cccs2)c(OCC)cc1NC(=O)CCl. The number of benzene rings is 1. The molecule has 0 aliphatic carbocycles. The normalized spacial score (nSPS) is 10.2. The highest BCUT2D eigenvalue weighted by atomic mass is 35.5. The van der Waals surface area contributed by atoms with Crippen LogP contribution in [0.3, 0.4) is 0 Å². The molecular formula is C17H19ClN2O4S. The lowest BCUT2D eigenvalue weighted by molar-refractivity contribution is -0.113. The quantitative estimate of drug-likeness (QED) is 0.677. The lowest BCUT2D eigenvalue weighted by Gasteiger charge is -2.17. The Morgan fingerprint density at radius 3 is 2.16 bits per heavy atom. The van der Waals surface area contributed by atoms with E-state index in [-0.39, 0.29) is 17.7 Å². The van der Waals surface area contributed by atoms with Gasteiger partial charge in [-0.3, -0.25) is 9.59 Å². The van der Waals surface area contributed by atoms with E-state index >= 15 is 0 Å². The first-order chi connectivity index (χ1) is 12.1. The van der Waals surface area contributed by atoms with Gasteiger partial charge in [-0.15, -0.1) is 22.9 Å². The Balaban J connectivity index is 2.37. The number of carbonyl (C=O) groups is 2. The van der Waals surface area contributed by atoms with Gasteiger partial charge in [0.15, 0.2) is 0 Å². The maximum absolute atomic E-state index is 12.3. The van der Waals surface area contributed by atoms with Gasteiger partial charge in [-0.2, -0.15) is 0 Å². The van der Waals surface area contributed by atoms with Crippen LogP contribution in [0.5, 0.6) is 11.5 Å². The van der Waals surface area contributed by atoms with Crippen molar-refractivity contribution in [2.75, 3.05) is 29.7 Å². The zero-order valence-electron chi connectivity index (χ0n) is 13.9. The largest absolute Gasteiger partial charge is 0.492 e. The maximum atomic E-state index is 12.3. The Morgan fingerprint density at radius 1 is 1.08 bits per heavy atom. The molecule has 0 fully saturated rings. The second-order valence-corrected chi connectivity index (χ2v) is 6.04. The van der Waals surface area contributed by atoms with E-state index in [1.54, 1.807) is 24.3 Å². The van der Waals surface area contributed by atoms with E-state index in [0.717, 1.165) is 0 Å². The first-order valence-corrected chi connectivity index (χ1v) is 9.14. The Hall–Kier alpha value is -2.25. The fourth-order valence-corrected chi connectivity index (χ4v) is 2.77. The first-order valence-electron chi connectivity index (χ1n) is 7.73. The van der Waals surface area contributed by atoms with Crippen molar-refractivity contribution in [3.05, 3.63) is 34.5 Å². The van der Waals surface area contributed by atoms with Gasteiger partial charge < -0.3 is 20.1 Å². The van der Waals surface area contributed by atoms with Gasteiger partial charge in [-0.25, -0.2) is 0 Å². The number of hydrogen-bond donors (Lipinski definition) is 2. The van der Waals surface area contributed by atoms with E-state index in [1.807, 2.05) is 19.2 Å². The minimum absolute atomic E-state index is 0.174. The van der Waals surface area contributed by atoms with E-state index in [4.69, 9.17) is 21.1 Å². The summed E-state index contributed by atoms with van der Waals surface area (Å²) in [5, 5.41) is 7.31. The van der Waals surface area contributed by atoms with Crippen LogP contribution in [0, 0.1) is 0 Å². The molecule has 1 aromatic carbocycles. The molecule has 0 saturated heterocycles. The van der Waals surface area contributed by atoms with E-state index in [0.29, 0.717) is 41.0 Å². The summed E-state index contributed by atoms with van der Waals surface area (Å²) in [4.78, 5) is 24.5. The van der Waals surface area contributed by atoms with Crippen molar-refractivity contribution in [1.29, 1.82) is 0 Å². The second-order valence-electron chi connectivity index (χ2n) is 4.82. The summed E-state index contributed by atoms with van der Waals surface area (Å²) in [5.74, 6) is 0.0786. The average Bonchev–Trinajstić information content (AvgIpc) is 3.13. The Morgan fingerprint density at radius 2 is 1.68 bits per heavy atom. The van der Waals surface area contributed by atoms with Crippen LogP contribution < -0.4 is 20.1 Å². The van der Waals surface area contributed by atoms with Gasteiger partial charge in [0, 0.05) is 12.1 Å². The number of hydrogen-bond acceptors (Lipinski definition) is 5. The molecule has 2 N–H and O–H groups in total. The smallest absolute Gasteiger partial charge is 0.265 e. The first kappa shape index (κ1) is 19.1. The summed E-state index contributed by atoms with van der Waals surface area (Å²) in [7, 11) is 0. The number of thiophene rings is 1. The van der Waals surface area contributed by atoms with Gasteiger partial charge in [0.05, 0.1) is 29.5 Å². The van der Waals surface area contributed by atoms with Crippen LogP contribution in [0.15, 0.2) is 29.6 Å². The summed E-state index contributed by atoms with van der Waals surface area (Å²) in [6, 6.07) is 6.78. The molecule has 134 valence electrons. The fourth-order valence-electron chi connectivity index (χ4n) is 2.08. The molecule has 0 bridgehead atoms. The van der Waals surface area contributed by atoms with Crippen LogP contribution in [-0.4, -0.2) is 30.9 Å². The molecule has 0 spiro atoms. The predicted octanol–water partition coefficient (Wildman–Crippen LogP) is 3.98. The van der Waals surface area contributed by atoms with Gasteiger partial charge >= 0.3 is 0 Å². The van der Waals surface area contributed by atoms with E-state index < -0.39 is 0 Å². The highest BCUT2D eigenvalue weighted by Crippen LogP contribution is 2.37. The van der Waals surface area contributed by atoms with Crippen LogP contribution >= 0.6 is 22.9 Å². The summed E-state index contributed by atoms with van der Waals surface area (Å²) in [6.07, 6.45) is 0. The Kier molecular flexibility index (Phi) is 7.09. The molecule has 0 aliphatic heterocycles. The van der Waals surface area contributed by atoms with Crippen LogP contribution in [0.2, 0.25) is 0 Å². The van der Waals surface area contributed by atoms with Crippen LogP contribution in [0.4, 0.5) is 11.4 Å². The topological polar surface area (TPSA) is 76.7 Å². The maximum Gasteiger partial charge on any atom is 0.265 e. The number of anilines is 2. The molecule has 25 heavy (non-hydrogen) atoms. The third-order valence-electron chi connectivity index (χ3n) is 3.07. The number of ether oxygens (including phenoxy) is 2. The highest BCUT2D eigenvalue weighted by Gasteiger charge is 2.17. The summed E-state index contributed by atoms with van der Waals surface area (Å²) in [6.45, 7) is 4.46. The van der Waals surface area contributed by atoms with Gasteiger partial charge in [-0.1, -0.05) is 6.07 Å². The minimum atomic E-state index is -0.361. The molecule has 0 aliphatic rings. The Bertz CT molecular complexity index is 734. The lowest BCUT2D eigenvalue weighted by Crippen LogP contribution is -2.15. The van der Waals surface area contributed by atoms with Crippen molar-refractivity contribution in [3.8, 4) is 11.5 Å². The molecule has 0 unspecified atom stereocenters. The zero-order chi connectivity index (χ0) is 18.2. The van der Waals surface area contributed by atoms with Crippen LogP contribution in [0.1, 0.15) is 23.5 Å². The molecule has 1 heterocycles. The predicted molar refractivity (Wildman–Crippen MR) is 100 cm³/mol. The van der Waals surface area contributed by atoms with E-state index in [2.05, 4.69) is 10.6 Å². The van der Waals surface area contributed by atoms with Crippen molar-refractivity contribution >= 4 is 46.1 Å². The third kappa shape index (κ3) is 5.11. The van der Waals surface area contributed by atoms with Crippen LogP contribution in [0.25, 0.3) is 0 Å². The summed E-state index contributed by atoms with van der Waals surface area (Å²) in [5.41, 5.74) is 0.901. The lowest BCUT2D eigenvalue weighted by atomic mass is 10.2. The monoisotopic (exact) mass is 382 g/mol. The van der Waals surface area contributed by atoms with Gasteiger partial charge in [0.1, 0.15) is 17.4 Å². The van der Waals surface area contributed by atoms with Crippen molar-refractivity contribution in [3.63, 3.8) is 0 Å². The van der Waals surface area contributed by atoms with Crippen molar-refractivity contribution in [1.82, 2.24) is 0 Å². The highest BCUT2D eigenvalue weighted by molar-refractivity contribution is 7.12. The van der Waals surface area contributed by atoms with Gasteiger partial charge in [0.2, 0.25) is 5.91 Å². The molecular weight excluding hydrogens is 364 g/mol. The molecule has 2 rings (SSSR count). The molecule has 2 aromatic rings. The zero-order valence-corrected chi connectivity index (χ0v) is 15.5. The molecule has 0 saturated carbocycles. The Labute approximate surface area is 155 Å². The van der Waals surface area contributed by atoms with Crippen molar-refractivity contribution in [2.45, 2.75) is 13.8 Å². The number of alkyl halides is 1. The summed E-state index contributed by atoms with van der Waals surface area (Å²) < 4.78 is 11.2. The van der Waals surface area contributed by atoms with Gasteiger partial charge in [-0.05, 0) is 25.3 Å². The average molecular weight is 383 g/mol. The van der Waals surface area contributed by atoms with Crippen molar-refractivity contribution < 1.29 is 19.1 Å². The van der Waals surface area contributed by atoms with E-state index in [1.165, 1.54) is 11.3 Å². The molecule has 2 amide bonds. The van der Waals surface area contributed by atoms with Gasteiger partial charge in [0.25, 0.3) is 5.91 Å². The molecule has 6 nitrogen and oxygen atoms in total. The van der Waals surface area contributed by atoms with Crippen molar-refractivity contribution in [2.24, 2.45) is 0 Å². The minimum Gasteiger partial charge on any atom is -0.492 e. The fraction of sp³-hybridized carbons (Fsp3) is 0.294. The van der Waals surface area contributed by atoms with E-state index in [9.17, 15) is 9.59 Å². The molecule has 1 aromatic heterocycles. The number of carbonyl (C=O) groups excluding carboxylic acids is 2. The number of halogens is 1. The number of nitrogens with one attached hydrogen (secondary N) is 2.